The van der Waals surface area contributed by atoms with E-state index in [2.05, 4.69) is 74.7 Å². The average Bonchev–Trinajstić information content (AvgIpc) is 3.25. The molecule has 0 saturated heterocycles. The molecule has 356 valence electrons. The zero-order chi connectivity index (χ0) is 44.5. The topological polar surface area (TPSA) is 95.9 Å². The van der Waals surface area contributed by atoms with E-state index in [9.17, 15) is 19.8 Å². The van der Waals surface area contributed by atoms with Crippen LogP contribution >= 0.6 is 0 Å². The molecule has 0 aromatic heterocycles. The second-order valence-corrected chi connectivity index (χ2v) is 18.0. The predicted octanol–water partition coefficient (Wildman–Crippen LogP) is 15.8. The SMILES string of the molecule is CC/C=C/C=C/C=C/CCCCCCCC(CC(=O)NC(CO)C(O)CCCCCCCCCCCCCCCCCC)OC(=O)CCCCC/C=C\CCCCCCCC. The molecule has 3 unspecified atom stereocenters. The molecule has 0 aliphatic heterocycles. The summed E-state index contributed by atoms with van der Waals surface area (Å²) in [7, 11) is 0. The van der Waals surface area contributed by atoms with Crippen molar-refractivity contribution in [2.75, 3.05) is 6.61 Å². The van der Waals surface area contributed by atoms with Gasteiger partial charge in [-0.25, -0.2) is 0 Å². The van der Waals surface area contributed by atoms with Gasteiger partial charge < -0.3 is 20.3 Å². The van der Waals surface area contributed by atoms with E-state index in [0.29, 0.717) is 19.3 Å². The van der Waals surface area contributed by atoms with Gasteiger partial charge in [-0.1, -0.05) is 230 Å². The molecule has 3 atom stereocenters. The van der Waals surface area contributed by atoms with Crippen molar-refractivity contribution in [3.8, 4) is 0 Å². The molecule has 0 spiro atoms. The number of allylic oxidation sites excluding steroid dienone is 8. The van der Waals surface area contributed by atoms with E-state index in [0.717, 1.165) is 96.3 Å². The fourth-order valence-electron chi connectivity index (χ4n) is 7.96. The summed E-state index contributed by atoms with van der Waals surface area (Å²) >= 11 is 0. The summed E-state index contributed by atoms with van der Waals surface area (Å²) in [6.07, 6.45) is 58.9. The molecule has 0 aliphatic rings. The Morgan fingerprint density at radius 1 is 0.492 bits per heavy atom. The lowest BCUT2D eigenvalue weighted by molar-refractivity contribution is -0.151. The minimum absolute atomic E-state index is 0.0587. The first-order chi connectivity index (χ1) is 30.0. The number of carbonyl (C=O) groups excluding carboxylic acids is 2. The van der Waals surface area contributed by atoms with Crippen LogP contribution in [0.25, 0.3) is 0 Å². The second kappa shape index (κ2) is 48.8. The Balaban J connectivity index is 4.56. The van der Waals surface area contributed by atoms with E-state index < -0.39 is 18.2 Å². The van der Waals surface area contributed by atoms with Gasteiger partial charge in [0.15, 0.2) is 0 Å². The first-order valence-electron chi connectivity index (χ1n) is 26.4. The maximum absolute atomic E-state index is 13.2. The molecule has 3 N–H and O–H groups in total. The van der Waals surface area contributed by atoms with E-state index in [-0.39, 0.29) is 24.9 Å². The van der Waals surface area contributed by atoms with Gasteiger partial charge in [-0.2, -0.15) is 0 Å². The van der Waals surface area contributed by atoms with Crippen LogP contribution in [0, 0.1) is 0 Å². The summed E-state index contributed by atoms with van der Waals surface area (Å²) in [5.74, 6) is -0.508. The van der Waals surface area contributed by atoms with Crippen LogP contribution in [0.4, 0.5) is 0 Å². The number of nitrogens with one attached hydrogen (secondary N) is 1. The van der Waals surface area contributed by atoms with Crippen LogP contribution in [0.2, 0.25) is 0 Å². The molecule has 0 fully saturated rings. The summed E-state index contributed by atoms with van der Waals surface area (Å²) in [6.45, 7) is 6.35. The Bertz CT molecular complexity index is 1050. The van der Waals surface area contributed by atoms with Gasteiger partial charge in [0, 0.05) is 6.42 Å². The molecule has 0 aromatic rings. The second-order valence-electron chi connectivity index (χ2n) is 18.0. The van der Waals surface area contributed by atoms with E-state index in [1.54, 1.807) is 0 Å². The molecule has 1 amide bonds. The fraction of sp³-hybridized carbons (Fsp3) is 0.818. The van der Waals surface area contributed by atoms with Crippen molar-refractivity contribution in [2.45, 2.75) is 283 Å². The van der Waals surface area contributed by atoms with Gasteiger partial charge in [0.25, 0.3) is 0 Å². The highest BCUT2D eigenvalue weighted by Crippen LogP contribution is 2.18. The van der Waals surface area contributed by atoms with Gasteiger partial charge >= 0.3 is 5.97 Å². The Kier molecular flexibility index (Phi) is 47.1. The number of hydrogen-bond acceptors (Lipinski definition) is 5. The van der Waals surface area contributed by atoms with Crippen LogP contribution in [0.5, 0.6) is 0 Å². The maximum Gasteiger partial charge on any atom is 0.306 e. The number of esters is 1. The van der Waals surface area contributed by atoms with Crippen LogP contribution < -0.4 is 5.32 Å². The third-order valence-electron chi connectivity index (χ3n) is 12.0. The van der Waals surface area contributed by atoms with Gasteiger partial charge in [0.1, 0.15) is 6.10 Å². The number of ether oxygens (including phenoxy) is 1. The monoisotopic (exact) mass is 856 g/mol. The van der Waals surface area contributed by atoms with E-state index in [1.165, 1.54) is 122 Å². The zero-order valence-electron chi connectivity index (χ0n) is 40.5. The molecule has 0 saturated carbocycles. The molecular formula is C55H101NO5. The molecular weight excluding hydrogens is 755 g/mol. The number of amides is 1. The first-order valence-corrected chi connectivity index (χ1v) is 26.4. The third-order valence-corrected chi connectivity index (χ3v) is 12.0. The highest BCUT2D eigenvalue weighted by molar-refractivity contribution is 5.77. The van der Waals surface area contributed by atoms with Gasteiger partial charge in [-0.05, 0) is 70.6 Å². The molecule has 6 heteroatoms. The van der Waals surface area contributed by atoms with Crippen molar-refractivity contribution in [2.24, 2.45) is 0 Å². The molecule has 6 nitrogen and oxygen atoms in total. The molecule has 0 bridgehead atoms. The molecule has 0 heterocycles. The van der Waals surface area contributed by atoms with Crippen molar-refractivity contribution < 1.29 is 24.5 Å². The Hall–Kier alpha value is -2.18. The van der Waals surface area contributed by atoms with Crippen molar-refractivity contribution in [1.82, 2.24) is 5.32 Å². The van der Waals surface area contributed by atoms with Crippen LogP contribution in [0.1, 0.15) is 265 Å². The lowest BCUT2D eigenvalue weighted by atomic mass is 10.0. The number of unbranched alkanes of at least 4 members (excludes halogenated alkanes) is 29. The van der Waals surface area contributed by atoms with E-state index >= 15 is 0 Å². The van der Waals surface area contributed by atoms with Gasteiger partial charge in [-0.3, -0.25) is 9.59 Å². The first kappa shape index (κ1) is 58.8. The number of aliphatic hydroxyl groups is 2. The van der Waals surface area contributed by atoms with Crippen LogP contribution in [0.3, 0.4) is 0 Å². The predicted molar refractivity (Wildman–Crippen MR) is 264 cm³/mol. The highest BCUT2D eigenvalue weighted by atomic mass is 16.5. The van der Waals surface area contributed by atoms with Gasteiger partial charge in [0.05, 0.1) is 25.2 Å². The van der Waals surface area contributed by atoms with Crippen LogP contribution in [0.15, 0.2) is 48.6 Å². The van der Waals surface area contributed by atoms with Crippen LogP contribution in [-0.4, -0.2) is 46.9 Å². The lowest BCUT2D eigenvalue weighted by Crippen LogP contribution is -2.46. The number of aliphatic hydroxyl groups excluding tert-OH is 2. The van der Waals surface area contributed by atoms with Crippen LogP contribution in [-0.2, 0) is 14.3 Å². The normalized spacial score (nSPS) is 13.6. The van der Waals surface area contributed by atoms with Crippen molar-refractivity contribution in [3.05, 3.63) is 48.6 Å². The fourth-order valence-corrected chi connectivity index (χ4v) is 7.96. The Morgan fingerprint density at radius 2 is 0.902 bits per heavy atom. The molecule has 0 radical (unpaired) electrons. The summed E-state index contributed by atoms with van der Waals surface area (Å²) in [4.78, 5) is 26.1. The third kappa shape index (κ3) is 44.2. The van der Waals surface area contributed by atoms with Crippen molar-refractivity contribution in [1.29, 1.82) is 0 Å². The number of hydrogen-bond donors (Lipinski definition) is 3. The standard InChI is InChI=1S/C55H101NO5/c1-4-7-10-13-16-19-22-25-26-27-30-32-35-38-41-44-47-53(58)52(50-57)56-54(59)49-51(46-43-40-37-34-31-28-23-20-17-14-11-8-5-2)61-55(60)48-45-42-39-36-33-29-24-21-18-15-12-9-6-3/h8,11,14,17,20,23,29,33,51-53,57-58H,4-7,9-10,12-13,15-16,18-19,21-22,24-28,30-32,34-50H2,1-3H3,(H,56,59)/b11-8+,17-14+,23-20+,33-29-. The summed E-state index contributed by atoms with van der Waals surface area (Å²) in [6, 6.07) is -0.711. The average molecular weight is 856 g/mol. The minimum Gasteiger partial charge on any atom is -0.462 e. The number of rotatable bonds is 47. The number of carbonyl (C=O) groups is 2. The molecule has 0 rings (SSSR count). The Morgan fingerprint density at radius 3 is 1.38 bits per heavy atom. The van der Waals surface area contributed by atoms with E-state index in [1.807, 2.05) is 0 Å². The Labute approximate surface area is 378 Å². The van der Waals surface area contributed by atoms with Gasteiger partial charge in [0.2, 0.25) is 5.91 Å². The largest absolute Gasteiger partial charge is 0.462 e. The van der Waals surface area contributed by atoms with Crippen molar-refractivity contribution in [3.63, 3.8) is 0 Å². The van der Waals surface area contributed by atoms with Crippen molar-refractivity contribution >= 4 is 11.9 Å². The highest BCUT2D eigenvalue weighted by Gasteiger charge is 2.24. The molecule has 61 heavy (non-hydrogen) atoms. The van der Waals surface area contributed by atoms with Gasteiger partial charge in [-0.15, -0.1) is 0 Å². The summed E-state index contributed by atoms with van der Waals surface area (Å²) in [5, 5.41) is 23.8. The molecule has 0 aromatic carbocycles. The lowest BCUT2D eigenvalue weighted by Gasteiger charge is -2.24. The zero-order valence-corrected chi connectivity index (χ0v) is 40.5. The molecule has 0 aliphatic carbocycles. The summed E-state index contributed by atoms with van der Waals surface area (Å²) in [5.41, 5.74) is 0. The summed E-state index contributed by atoms with van der Waals surface area (Å²) < 4.78 is 5.92. The maximum atomic E-state index is 13.2. The minimum atomic E-state index is -0.796. The smallest absolute Gasteiger partial charge is 0.306 e. The van der Waals surface area contributed by atoms with E-state index in [4.69, 9.17) is 4.74 Å². The quantitative estimate of drug-likeness (QED) is 0.0245.